The zero-order chi connectivity index (χ0) is 26.2. The van der Waals surface area contributed by atoms with E-state index < -0.39 is 21.5 Å². The van der Waals surface area contributed by atoms with Crippen molar-refractivity contribution in [2.24, 2.45) is 7.05 Å². The van der Waals surface area contributed by atoms with Crippen LogP contribution in [0.3, 0.4) is 0 Å². The molecule has 10 heteroatoms. The largest absolute Gasteiger partial charge is 0.316 e. The van der Waals surface area contributed by atoms with Gasteiger partial charge in [-0.3, -0.25) is 19.0 Å². The van der Waals surface area contributed by atoms with E-state index in [4.69, 9.17) is 11.6 Å². The molecule has 0 bridgehead atoms. The Balaban J connectivity index is 1.66. The van der Waals surface area contributed by atoms with Crippen molar-refractivity contribution >= 4 is 38.9 Å². The molecule has 0 fully saturated rings. The molecule has 186 valence electrons. The maximum absolute atomic E-state index is 13.1. The molecule has 0 aliphatic heterocycles. The molecule has 8 nitrogen and oxygen atoms in total. The minimum absolute atomic E-state index is 0.0360. The van der Waals surface area contributed by atoms with E-state index in [9.17, 15) is 18.0 Å². The van der Waals surface area contributed by atoms with Gasteiger partial charge < -0.3 is 5.32 Å². The molecule has 4 aromatic rings. The molecular formula is C26H25ClN4O4S. The summed E-state index contributed by atoms with van der Waals surface area (Å²) in [6.45, 7) is 5.41. The number of aryl methyl sites for hydroxylation is 2. The first-order chi connectivity index (χ1) is 17.0. The smallest absolute Gasteiger partial charge is 0.295 e. The van der Waals surface area contributed by atoms with E-state index in [-0.39, 0.29) is 21.2 Å². The minimum Gasteiger partial charge on any atom is -0.316 e. The van der Waals surface area contributed by atoms with Crippen LogP contribution >= 0.6 is 11.6 Å². The highest BCUT2D eigenvalue weighted by Crippen LogP contribution is 2.27. The zero-order valence-electron chi connectivity index (χ0n) is 20.2. The van der Waals surface area contributed by atoms with Gasteiger partial charge in [0.15, 0.2) is 0 Å². The number of para-hydroxylation sites is 1. The Morgan fingerprint density at radius 2 is 1.64 bits per heavy atom. The monoisotopic (exact) mass is 524 g/mol. The highest BCUT2D eigenvalue weighted by atomic mass is 35.5. The van der Waals surface area contributed by atoms with Gasteiger partial charge in [0.25, 0.3) is 21.5 Å². The number of carbonyl (C=O) groups is 1. The van der Waals surface area contributed by atoms with E-state index in [1.54, 1.807) is 49.8 Å². The van der Waals surface area contributed by atoms with Gasteiger partial charge in [0.05, 0.1) is 22.1 Å². The number of carbonyl (C=O) groups excluding carboxylic acids is 1. The normalized spacial score (nSPS) is 11.4. The summed E-state index contributed by atoms with van der Waals surface area (Å²) in [5, 5.41) is 2.60. The maximum Gasteiger partial charge on any atom is 0.295 e. The number of amides is 1. The van der Waals surface area contributed by atoms with E-state index in [1.807, 2.05) is 31.2 Å². The Bertz CT molecular complexity index is 1640. The fourth-order valence-electron chi connectivity index (χ4n) is 3.88. The highest BCUT2D eigenvalue weighted by Gasteiger charge is 2.23. The summed E-state index contributed by atoms with van der Waals surface area (Å²) in [5.74, 6) is -0.638. The molecule has 36 heavy (non-hydrogen) atoms. The van der Waals surface area contributed by atoms with Crippen LogP contribution in [-0.4, -0.2) is 23.7 Å². The Morgan fingerprint density at radius 3 is 2.31 bits per heavy atom. The van der Waals surface area contributed by atoms with Crippen LogP contribution in [-0.2, 0) is 17.1 Å². The molecule has 0 aliphatic rings. The minimum atomic E-state index is -4.10. The summed E-state index contributed by atoms with van der Waals surface area (Å²) in [5.41, 5.74) is 3.06. The summed E-state index contributed by atoms with van der Waals surface area (Å²) in [4.78, 5) is 26.0. The molecule has 0 spiro atoms. The molecule has 0 saturated heterocycles. The molecule has 1 aromatic heterocycles. The number of anilines is 2. The van der Waals surface area contributed by atoms with E-state index >= 15 is 0 Å². The number of hydrogen-bond donors (Lipinski definition) is 2. The van der Waals surface area contributed by atoms with Crippen LogP contribution < -0.4 is 15.6 Å². The van der Waals surface area contributed by atoms with Crippen molar-refractivity contribution in [2.75, 3.05) is 10.0 Å². The van der Waals surface area contributed by atoms with Gasteiger partial charge in [-0.05, 0) is 62.7 Å². The molecule has 2 N–H and O–H groups in total. The van der Waals surface area contributed by atoms with Gasteiger partial charge in [0.2, 0.25) is 0 Å². The van der Waals surface area contributed by atoms with E-state index in [0.717, 1.165) is 11.1 Å². The molecule has 1 heterocycles. The molecule has 0 unspecified atom stereocenters. The van der Waals surface area contributed by atoms with Gasteiger partial charge in [-0.2, -0.15) is 0 Å². The SMILES string of the molecule is Cc1ccc(NS(=O)(=O)c2cc(C(=O)Nc3c(C)n(C)n(-c4ccccc4)c3=O)ccc2Cl)c(C)c1. The summed E-state index contributed by atoms with van der Waals surface area (Å²) >= 11 is 6.21. The predicted molar refractivity (Wildman–Crippen MR) is 142 cm³/mol. The van der Waals surface area contributed by atoms with Crippen molar-refractivity contribution in [1.29, 1.82) is 0 Å². The number of benzene rings is 3. The lowest BCUT2D eigenvalue weighted by molar-refractivity contribution is 0.102. The van der Waals surface area contributed by atoms with Crippen molar-refractivity contribution in [3.8, 4) is 5.69 Å². The third-order valence-corrected chi connectivity index (χ3v) is 7.75. The summed E-state index contributed by atoms with van der Waals surface area (Å²) in [7, 11) is -2.38. The second-order valence-corrected chi connectivity index (χ2v) is 10.5. The number of nitrogens with zero attached hydrogens (tertiary/aromatic N) is 2. The molecule has 4 rings (SSSR count). The van der Waals surface area contributed by atoms with Gasteiger partial charge in [0.1, 0.15) is 10.6 Å². The van der Waals surface area contributed by atoms with Crippen molar-refractivity contribution < 1.29 is 13.2 Å². The van der Waals surface area contributed by atoms with Gasteiger partial charge in [-0.15, -0.1) is 0 Å². The summed E-state index contributed by atoms with van der Waals surface area (Å²) in [6.07, 6.45) is 0. The van der Waals surface area contributed by atoms with Gasteiger partial charge in [-0.25, -0.2) is 13.1 Å². The second-order valence-electron chi connectivity index (χ2n) is 8.46. The average Bonchev–Trinajstić information content (AvgIpc) is 3.04. The number of hydrogen-bond acceptors (Lipinski definition) is 4. The van der Waals surface area contributed by atoms with Gasteiger partial charge in [0, 0.05) is 12.6 Å². The number of halogens is 1. The van der Waals surface area contributed by atoms with Crippen molar-refractivity contribution in [2.45, 2.75) is 25.7 Å². The molecule has 3 aromatic carbocycles. The first-order valence-electron chi connectivity index (χ1n) is 11.0. The number of aromatic nitrogens is 2. The topological polar surface area (TPSA) is 102 Å². The van der Waals surface area contributed by atoms with Crippen LogP contribution in [0.15, 0.2) is 76.4 Å². The average molecular weight is 525 g/mol. The van der Waals surface area contributed by atoms with Crippen LogP contribution in [0.2, 0.25) is 5.02 Å². The van der Waals surface area contributed by atoms with Crippen LogP contribution in [0.1, 0.15) is 27.2 Å². The predicted octanol–water partition coefficient (Wildman–Crippen LogP) is 4.81. The first kappa shape index (κ1) is 25.3. The van der Waals surface area contributed by atoms with E-state index in [2.05, 4.69) is 10.0 Å². The van der Waals surface area contributed by atoms with E-state index in [0.29, 0.717) is 17.1 Å². The van der Waals surface area contributed by atoms with Crippen LogP contribution in [0.4, 0.5) is 11.4 Å². The van der Waals surface area contributed by atoms with Crippen molar-refractivity contribution in [1.82, 2.24) is 9.36 Å². The molecule has 0 aliphatic carbocycles. The lowest BCUT2D eigenvalue weighted by Gasteiger charge is -2.13. The Labute approximate surface area is 214 Å². The fourth-order valence-corrected chi connectivity index (χ4v) is 5.53. The Morgan fingerprint density at radius 1 is 0.944 bits per heavy atom. The quantitative estimate of drug-likeness (QED) is 0.378. The molecule has 1 amide bonds. The number of sulfonamides is 1. The summed E-state index contributed by atoms with van der Waals surface area (Å²) in [6, 6.07) is 18.3. The van der Waals surface area contributed by atoms with Gasteiger partial charge in [-0.1, -0.05) is 47.5 Å². The third kappa shape index (κ3) is 4.80. The number of rotatable bonds is 6. The van der Waals surface area contributed by atoms with Gasteiger partial charge >= 0.3 is 0 Å². The van der Waals surface area contributed by atoms with Crippen molar-refractivity contribution in [3.63, 3.8) is 0 Å². The molecular weight excluding hydrogens is 500 g/mol. The Kier molecular flexibility index (Phi) is 6.79. The fraction of sp³-hybridized carbons (Fsp3) is 0.154. The van der Waals surface area contributed by atoms with Crippen LogP contribution in [0, 0.1) is 20.8 Å². The third-order valence-electron chi connectivity index (χ3n) is 5.90. The number of nitrogens with one attached hydrogen (secondary N) is 2. The molecule has 0 radical (unpaired) electrons. The lowest BCUT2D eigenvalue weighted by atomic mass is 10.1. The second kappa shape index (κ2) is 9.67. The zero-order valence-corrected chi connectivity index (χ0v) is 21.7. The maximum atomic E-state index is 13.1. The van der Waals surface area contributed by atoms with E-state index in [1.165, 1.54) is 22.9 Å². The molecule has 0 atom stereocenters. The van der Waals surface area contributed by atoms with Crippen molar-refractivity contribution in [3.05, 3.63) is 104 Å². The Hall–Kier alpha value is -3.82. The summed E-state index contributed by atoms with van der Waals surface area (Å²) < 4.78 is 31.9. The van der Waals surface area contributed by atoms with Crippen LogP contribution in [0.5, 0.6) is 0 Å². The molecule has 0 saturated carbocycles. The first-order valence-corrected chi connectivity index (χ1v) is 12.9. The standard InChI is InChI=1S/C26H25ClN4O4S/c1-16-10-13-22(17(2)14-16)29-36(34,35)23-15-19(11-12-21(23)27)25(32)28-24-18(3)30(4)31(26(24)33)20-8-6-5-7-9-20/h5-15,29H,1-4H3,(H,28,32). The highest BCUT2D eigenvalue weighted by molar-refractivity contribution is 7.92. The van der Waals surface area contributed by atoms with Crippen LogP contribution in [0.25, 0.3) is 5.69 Å². The lowest BCUT2D eigenvalue weighted by Crippen LogP contribution is -2.23.